The predicted molar refractivity (Wildman–Crippen MR) is 47.7 cm³/mol. The minimum absolute atomic E-state index is 0.0448. The zero-order chi connectivity index (χ0) is 9.30. The molecule has 3 nitrogen and oxygen atoms in total. The van der Waals surface area contributed by atoms with Crippen molar-refractivity contribution in [3.8, 4) is 5.75 Å². The smallest absolute Gasteiger partial charge is 0.493 e. The number of hydrogen-bond donors (Lipinski definition) is 3. The maximum Gasteiger partial charge on any atom is 0.493 e. The van der Waals surface area contributed by atoms with Gasteiger partial charge in [-0.1, -0.05) is 17.7 Å². The van der Waals surface area contributed by atoms with E-state index < -0.39 is 7.12 Å². The van der Waals surface area contributed by atoms with Crippen LogP contribution in [0, 0.1) is 6.92 Å². The lowest BCUT2D eigenvalue weighted by molar-refractivity contribution is 0.419. The lowest BCUT2D eigenvalue weighted by atomic mass is 9.78. The summed E-state index contributed by atoms with van der Waals surface area (Å²) in [7, 11) is -1.74. The van der Waals surface area contributed by atoms with Crippen molar-refractivity contribution >= 4 is 24.2 Å². The van der Waals surface area contributed by atoms with Gasteiger partial charge in [-0.3, -0.25) is 0 Å². The van der Waals surface area contributed by atoms with Crippen molar-refractivity contribution in [3.05, 3.63) is 22.7 Å². The summed E-state index contributed by atoms with van der Waals surface area (Å²) in [5.41, 5.74) is 0.513. The van der Waals surface area contributed by atoms with E-state index in [1.165, 1.54) is 6.07 Å². The number of hydrogen-bond acceptors (Lipinski definition) is 3. The lowest BCUT2D eigenvalue weighted by Gasteiger charge is -2.07. The average molecular weight is 186 g/mol. The Morgan fingerprint density at radius 3 is 2.33 bits per heavy atom. The van der Waals surface area contributed by atoms with Crippen molar-refractivity contribution in [3.63, 3.8) is 0 Å². The molecular formula is C7H8BClO3. The fourth-order valence-corrected chi connectivity index (χ4v) is 1.19. The highest BCUT2D eigenvalue weighted by atomic mass is 35.5. The van der Waals surface area contributed by atoms with Crippen LogP contribution in [0.1, 0.15) is 5.56 Å². The molecule has 12 heavy (non-hydrogen) atoms. The maximum atomic E-state index is 9.34. The molecule has 5 heteroatoms. The van der Waals surface area contributed by atoms with Crippen LogP contribution in [-0.4, -0.2) is 22.3 Å². The van der Waals surface area contributed by atoms with Crippen molar-refractivity contribution in [2.45, 2.75) is 6.92 Å². The van der Waals surface area contributed by atoms with Crippen LogP contribution in [0.3, 0.4) is 0 Å². The van der Waals surface area contributed by atoms with E-state index in [1.807, 2.05) is 0 Å². The third kappa shape index (κ3) is 1.55. The number of rotatable bonds is 1. The predicted octanol–water partition coefficient (Wildman–Crippen LogP) is 0.0338. The summed E-state index contributed by atoms with van der Waals surface area (Å²) in [6.45, 7) is 1.65. The van der Waals surface area contributed by atoms with Crippen molar-refractivity contribution in [2.75, 3.05) is 0 Å². The molecule has 0 aromatic heterocycles. The number of aromatic hydroxyl groups is 1. The molecule has 0 fully saturated rings. The van der Waals surface area contributed by atoms with Gasteiger partial charge in [-0.25, -0.2) is 0 Å². The Hall–Kier alpha value is -0.705. The molecule has 0 bridgehead atoms. The number of halogens is 1. The molecule has 0 atom stereocenters. The molecule has 0 saturated carbocycles. The number of aryl methyl sites for hydroxylation is 1. The van der Waals surface area contributed by atoms with Crippen LogP contribution in [0.4, 0.5) is 0 Å². The number of phenolic OH excluding ortho intramolecular Hbond substituents is 1. The molecule has 0 aliphatic carbocycles. The highest BCUT2D eigenvalue weighted by molar-refractivity contribution is 6.63. The molecule has 0 aliphatic heterocycles. The molecular weight excluding hydrogens is 178 g/mol. The maximum absolute atomic E-state index is 9.34. The molecule has 1 rings (SSSR count). The van der Waals surface area contributed by atoms with Crippen LogP contribution in [0.25, 0.3) is 0 Å². The molecule has 64 valence electrons. The Labute approximate surface area is 75.4 Å². The van der Waals surface area contributed by atoms with Crippen molar-refractivity contribution in [2.24, 2.45) is 0 Å². The molecule has 3 N–H and O–H groups in total. The Bertz CT molecular complexity index is 301. The average Bonchev–Trinajstić information content (AvgIpc) is 1.97. The van der Waals surface area contributed by atoms with Crippen LogP contribution in [-0.2, 0) is 0 Å². The zero-order valence-electron chi connectivity index (χ0n) is 6.45. The normalized spacial score (nSPS) is 10.0. The molecule has 1 aromatic rings. The van der Waals surface area contributed by atoms with E-state index in [4.69, 9.17) is 21.6 Å². The van der Waals surface area contributed by atoms with Crippen molar-refractivity contribution in [1.29, 1.82) is 0 Å². The fourth-order valence-electron chi connectivity index (χ4n) is 0.938. The van der Waals surface area contributed by atoms with Gasteiger partial charge in [0.05, 0.1) is 0 Å². The van der Waals surface area contributed by atoms with Gasteiger partial charge in [-0.15, -0.1) is 0 Å². The molecule has 0 unspecified atom stereocenters. The van der Waals surface area contributed by atoms with Crippen molar-refractivity contribution < 1.29 is 15.2 Å². The van der Waals surface area contributed by atoms with Gasteiger partial charge in [-0.05, 0) is 18.6 Å². The van der Waals surface area contributed by atoms with Gasteiger partial charge in [-0.2, -0.15) is 0 Å². The summed E-state index contributed by atoms with van der Waals surface area (Å²) in [5, 5.41) is 27.1. The lowest BCUT2D eigenvalue weighted by Crippen LogP contribution is -2.31. The van der Waals surface area contributed by atoms with Crippen LogP contribution in [0.5, 0.6) is 5.75 Å². The van der Waals surface area contributed by atoms with Crippen LogP contribution in [0.2, 0.25) is 5.02 Å². The second-order valence-corrected chi connectivity index (χ2v) is 2.91. The van der Waals surface area contributed by atoms with Gasteiger partial charge in [0.25, 0.3) is 0 Å². The molecule has 0 radical (unpaired) electrons. The Balaban J connectivity index is 3.33. The largest absolute Gasteiger partial charge is 0.508 e. The molecule has 0 saturated heterocycles. The highest BCUT2D eigenvalue weighted by Gasteiger charge is 2.20. The third-order valence-electron chi connectivity index (χ3n) is 1.62. The fraction of sp³-hybridized carbons (Fsp3) is 0.143. The first-order valence-corrected chi connectivity index (χ1v) is 3.76. The molecule has 0 aliphatic rings. The van der Waals surface area contributed by atoms with Gasteiger partial charge >= 0.3 is 7.12 Å². The van der Waals surface area contributed by atoms with Gasteiger partial charge < -0.3 is 15.2 Å². The third-order valence-corrected chi connectivity index (χ3v) is 1.95. The molecule has 0 amide bonds. The van der Waals surface area contributed by atoms with Gasteiger partial charge in [0.15, 0.2) is 0 Å². The Morgan fingerprint density at radius 1 is 1.33 bits per heavy atom. The summed E-state index contributed by atoms with van der Waals surface area (Å²) >= 11 is 5.62. The van der Waals surface area contributed by atoms with E-state index in [0.717, 1.165) is 0 Å². The second kappa shape index (κ2) is 3.35. The van der Waals surface area contributed by atoms with Gasteiger partial charge in [0.1, 0.15) is 5.75 Å². The Morgan fingerprint density at radius 2 is 1.92 bits per heavy atom. The first-order chi connectivity index (χ1) is 5.54. The first kappa shape index (κ1) is 9.38. The topological polar surface area (TPSA) is 60.7 Å². The molecule has 1 aromatic carbocycles. The minimum Gasteiger partial charge on any atom is -0.508 e. The van der Waals surface area contributed by atoms with E-state index in [-0.39, 0.29) is 16.2 Å². The van der Waals surface area contributed by atoms with Gasteiger partial charge in [0, 0.05) is 10.5 Å². The summed E-state index contributed by atoms with van der Waals surface area (Å²) in [4.78, 5) is 0. The van der Waals surface area contributed by atoms with Crippen molar-refractivity contribution in [1.82, 2.24) is 0 Å². The highest BCUT2D eigenvalue weighted by Crippen LogP contribution is 2.18. The summed E-state index contributed by atoms with van der Waals surface area (Å²) < 4.78 is 0. The molecule has 0 heterocycles. The van der Waals surface area contributed by atoms with Crippen LogP contribution >= 0.6 is 11.6 Å². The van der Waals surface area contributed by atoms with Gasteiger partial charge in [0.2, 0.25) is 0 Å². The number of benzene rings is 1. The Kier molecular flexibility index (Phi) is 2.62. The minimum atomic E-state index is -1.74. The monoisotopic (exact) mass is 186 g/mol. The summed E-state index contributed by atoms with van der Waals surface area (Å²) in [5.74, 6) is -0.169. The standard InChI is InChI=1S/C7H8BClO3/c1-4-2-3-5(9)6(7(4)10)8(11)12/h2-3,10-12H,1H3. The number of phenols is 1. The SMILES string of the molecule is Cc1ccc(Cl)c(B(O)O)c1O. The second-order valence-electron chi connectivity index (χ2n) is 2.50. The van der Waals surface area contributed by atoms with E-state index in [0.29, 0.717) is 5.56 Å². The first-order valence-electron chi connectivity index (χ1n) is 3.38. The molecule has 0 spiro atoms. The summed E-state index contributed by atoms with van der Waals surface area (Å²) in [6.07, 6.45) is 0. The van der Waals surface area contributed by atoms with Crippen LogP contribution < -0.4 is 5.46 Å². The van der Waals surface area contributed by atoms with E-state index in [9.17, 15) is 5.11 Å². The van der Waals surface area contributed by atoms with E-state index in [1.54, 1.807) is 13.0 Å². The van der Waals surface area contributed by atoms with Crippen LogP contribution in [0.15, 0.2) is 12.1 Å². The quantitative estimate of drug-likeness (QED) is 0.543. The zero-order valence-corrected chi connectivity index (χ0v) is 7.21. The van der Waals surface area contributed by atoms with E-state index >= 15 is 0 Å². The van der Waals surface area contributed by atoms with E-state index in [2.05, 4.69) is 0 Å². The summed E-state index contributed by atoms with van der Waals surface area (Å²) in [6, 6.07) is 3.11.